The Morgan fingerprint density at radius 1 is 1.12 bits per heavy atom. The summed E-state index contributed by atoms with van der Waals surface area (Å²) in [6.45, 7) is 2.05. The fraction of sp³-hybridized carbons (Fsp3) is 0.300. The van der Waals surface area contributed by atoms with Gasteiger partial charge in [0.15, 0.2) is 0 Å². The number of nitrogens with zero attached hydrogens (tertiary/aromatic N) is 2. The standard InChI is InChI=1S/C20H21N3O/c1-22-11-14-10-17-16-7-2-3-8-18(16)21-19(17)20(23(14)12-22)13-5-4-6-15(24)9-13/h2-9,14,20-21,24H,10-12H2,1H3/t14-,20-/m1/s1. The average molecular weight is 319 g/mol. The second-order valence-electron chi connectivity index (χ2n) is 7.11. The summed E-state index contributed by atoms with van der Waals surface area (Å²) in [5.41, 5.74) is 5.09. The van der Waals surface area contributed by atoms with Crippen molar-refractivity contribution in [1.82, 2.24) is 14.8 Å². The molecule has 2 N–H and O–H groups in total. The van der Waals surface area contributed by atoms with Gasteiger partial charge in [0.25, 0.3) is 0 Å². The number of rotatable bonds is 1. The van der Waals surface area contributed by atoms with Crippen LogP contribution in [0.2, 0.25) is 0 Å². The van der Waals surface area contributed by atoms with Crippen molar-refractivity contribution in [2.24, 2.45) is 0 Å². The van der Waals surface area contributed by atoms with Crippen LogP contribution in [0.4, 0.5) is 0 Å². The van der Waals surface area contributed by atoms with Crippen molar-refractivity contribution in [2.45, 2.75) is 18.5 Å². The number of aromatic amines is 1. The lowest BCUT2D eigenvalue weighted by molar-refractivity contribution is 0.175. The van der Waals surface area contributed by atoms with Crippen LogP contribution >= 0.6 is 0 Å². The number of fused-ring (bicyclic) bond motifs is 4. The molecule has 3 aromatic rings. The van der Waals surface area contributed by atoms with Gasteiger partial charge < -0.3 is 10.1 Å². The lowest BCUT2D eigenvalue weighted by Crippen LogP contribution is -2.41. The molecule has 0 amide bonds. The molecule has 0 aliphatic carbocycles. The second kappa shape index (κ2) is 5.10. The van der Waals surface area contributed by atoms with E-state index in [-0.39, 0.29) is 6.04 Å². The Bertz CT molecular complexity index is 916. The van der Waals surface area contributed by atoms with Crippen LogP contribution in [0.5, 0.6) is 5.75 Å². The van der Waals surface area contributed by atoms with Gasteiger partial charge in [-0.05, 0) is 42.8 Å². The Labute approximate surface area is 141 Å². The summed E-state index contributed by atoms with van der Waals surface area (Å²) in [5, 5.41) is 11.3. The Morgan fingerprint density at radius 2 is 2.00 bits per heavy atom. The highest BCUT2D eigenvalue weighted by Gasteiger charge is 2.41. The zero-order valence-corrected chi connectivity index (χ0v) is 13.7. The molecule has 0 spiro atoms. The SMILES string of the molecule is CN1C[C@H]2Cc3c([nH]c4ccccc34)[C@@H](c3cccc(O)c3)N2C1. The number of benzene rings is 2. The number of H-pyrrole nitrogens is 1. The number of hydrogen-bond acceptors (Lipinski definition) is 3. The zero-order chi connectivity index (χ0) is 16.3. The van der Waals surface area contributed by atoms with Crippen LogP contribution in [-0.2, 0) is 6.42 Å². The van der Waals surface area contributed by atoms with E-state index in [1.54, 1.807) is 6.07 Å². The van der Waals surface area contributed by atoms with Crippen LogP contribution in [0, 0.1) is 0 Å². The van der Waals surface area contributed by atoms with Gasteiger partial charge >= 0.3 is 0 Å². The molecular weight excluding hydrogens is 298 g/mol. The number of phenolic OH excluding ortho intramolecular Hbond substituents is 1. The number of aromatic hydroxyl groups is 1. The van der Waals surface area contributed by atoms with Gasteiger partial charge in [-0.15, -0.1) is 0 Å². The van der Waals surface area contributed by atoms with Crippen LogP contribution < -0.4 is 0 Å². The molecule has 2 aliphatic heterocycles. The summed E-state index contributed by atoms with van der Waals surface area (Å²) >= 11 is 0. The highest BCUT2D eigenvalue weighted by Crippen LogP contribution is 2.42. The first kappa shape index (κ1) is 14.1. The summed E-state index contributed by atoms with van der Waals surface area (Å²) in [6, 6.07) is 17.0. The minimum atomic E-state index is 0.170. The van der Waals surface area contributed by atoms with Gasteiger partial charge in [0.2, 0.25) is 0 Å². The van der Waals surface area contributed by atoms with E-state index in [2.05, 4.69) is 52.2 Å². The number of likely N-dealkylation sites (N-methyl/N-ethyl adjacent to an activating group) is 1. The molecule has 2 aromatic carbocycles. The predicted octanol–water partition coefficient (Wildman–Crippen LogP) is 3.09. The third-order valence-corrected chi connectivity index (χ3v) is 5.47. The van der Waals surface area contributed by atoms with E-state index in [1.165, 1.54) is 22.2 Å². The predicted molar refractivity (Wildman–Crippen MR) is 95.1 cm³/mol. The Balaban J connectivity index is 1.73. The van der Waals surface area contributed by atoms with Crippen molar-refractivity contribution in [2.75, 3.05) is 20.3 Å². The molecule has 0 saturated carbocycles. The fourth-order valence-electron chi connectivity index (χ4n) is 4.52. The fourth-order valence-corrected chi connectivity index (χ4v) is 4.52. The van der Waals surface area contributed by atoms with E-state index in [9.17, 15) is 5.11 Å². The molecule has 4 nitrogen and oxygen atoms in total. The van der Waals surface area contributed by atoms with Crippen LogP contribution in [0.3, 0.4) is 0 Å². The zero-order valence-electron chi connectivity index (χ0n) is 13.7. The molecule has 1 aromatic heterocycles. The smallest absolute Gasteiger partial charge is 0.115 e. The molecule has 0 bridgehead atoms. The molecule has 2 atom stereocenters. The first-order chi connectivity index (χ1) is 11.7. The minimum absolute atomic E-state index is 0.170. The lowest BCUT2D eigenvalue weighted by Gasteiger charge is -2.37. The van der Waals surface area contributed by atoms with E-state index >= 15 is 0 Å². The maximum Gasteiger partial charge on any atom is 0.115 e. The normalized spacial score (nSPS) is 24.2. The van der Waals surface area contributed by atoms with Gasteiger partial charge in [-0.1, -0.05) is 30.3 Å². The molecule has 1 saturated heterocycles. The summed E-state index contributed by atoms with van der Waals surface area (Å²) in [6.07, 6.45) is 1.08. The molecule has 122 valence electrons. The van der Waals surface area contributed by atoms with Crippen molar-refractivity contribution < 1.29 is 5.11 Å². The highest BCUT2D eigenvalue weighted by atomic mass is 16.3. The largest absolute Gasteiger partial charge is 0.508 e. The van der Waals surface area contributed by atoms with E-state index in [0.29, 0.717) is 11.8 Å². The van der Waals surface area contributed by atoms with Gasteiger partial charge in [-0.3, -0.25) is 9.80 Å². The summed E-state index contributed by atoms with van der Waals surface area (Å²) in [5.74, 6) is 0.333. The maximum atomic E-state index is 9.98. The van der Waals surface area contributed by atoms with Crippen LogP contribution in [0.15, 0.2) is 48.5 Å². The number of nitrogens with one attached hydrogen (secondary N) is 1. The van der Waals surface area contributed by atoms with E-state index in [0.717, 1.165) is 25.2 Å². The first-order valence-corrected chi connectivity index (χ1v) is 8.53. The molecule has 0 unspecified atom stereocenters. The Hall–Kier alpha value is -2.30. The van der Waals surface area contributed by atoms with Crippen molar-refractivity contribution in [3.8, 4) is 5.75 Å². The maximum absolute atomic E-state index is 9.98. The number of hydrogen-bond donors (Lipinski definition) is 2. The molecule has 5 rings (SSSR count). The monoisotopic (exact) mass is 319 g/mol. The van der Waals surface area contributed by atoms with Crippen molar-refractivity contribution >= 4 is 10.9 Å². The van der Waals surface area contributed by atoms with E-state index in [4.69, 9.17) is 0 Å². The second-order valence-corrected chi connectivity index (χ2v) is 7.11. The van der Waals surface area contributed by atoms with E-state index < -0.39 is 0 Å². The quantitative estimate of drug-likeness (QED) is 0.724. The molecule has 2 aliphatic rings. The van der Waals surface area contributed by atoms with Crippen LogP contribution in [-0.4, -0.2) is 46.2 Å². The van der Waals surface area contributed by atoms with E-state index in [1.807, 2.05) is 12.1 Å². The van der Waals surface area contributed by atoms with Crippen LogP contribution in [0.25, 0.3) is 10.9 Å². The van der Waals surface area contributed by atoms with Gasteiger partial charge in [-0.25, -0.2) is 0 Å². The van der Waals surface area contributed by atoms with Crippen molar-refractivity contribution in [3.05, 3.63) is 65.4 Å². The summed E-state index contributed by atoms with van der Waals surface area (Å²) in [7, 11) is 2.18. The topological polar surface area (TPSA) is 42.5 Å². The summed E-state index contributed by atoms with van der Waals surface area (Å²) in [4.78, 5) is 8.62. The van der Waals surface area contributed by atoms with Crippen molar-refractivity contribution in [3.63, 3.8) is 0 Å². The Morgan fingerprint density at radius 3 is 2.88 bits per heavy atom. The Kier molecular flexibility index (Phi) is 2.99. The number of aromatic nitrogens is 1. The van der Waals surface area contributed by atoms with Gasteiger partial charge in [0, 0.05) is 29.2 Å². The molecule has 24 heavy (non-hydrogen) atoms. The minimum Gasteiger partial charge on any atom is -0.508 e. The summed E-state index contributed by atoms with van der Waals surface area (Å²) < 4.78 is 0. The van der Waals surface area contributed by atoms with Gasteiger partial charge in [-0.2, -0.15) is 0 Å². The lowest BCUT2D eigenvalue weighted by atomic mass is 9.89. The number of phenols is 1. The molecule has 3 heterocycles. The molecule has 4 heteroatoms. The van der Waals surface area contributed by atoms with Gasteiger partial charge in [0.1, 0.15) is 5.75 Å². The van der Waals surface area contributed by atoms with Crippen LogP contribution in [0.1, 0.15) is 22.9 Å². The first-order valence-electron chi connectivity index (χ1n) is 8.53. The van der Waals surface area contributed by atoms with Gasteiger partial charge in [0.05, 0.1) is 12.7 Å². The third-order valence-electron chi connectivity index (χ3n) is 5.47. The average Bonchev–Trinajstić information content (AvgIpc) is 3.11. The third kappa shape index (κ3) is 2.00. The van der Waals surface area contributed by atoms with Crippen molar-refractivity contribution in [1.29, 1.82) is 0 Å². The highest BCUT2D eigenvalue weighted by molar-refractivity contribution is 5.85. The molecule has 1 fully saturated rings. The molecule has 0 radical (unpaired) electrons. The molecular formula is C20H21N3O. The number of para-hydroxylation sites is 1.